The van der Waals surface area contributed by atoms with Crippen LogP contribution in [0.5, 0.6) is 0 Å². The van der Waals surface area contributed by atoms with E-state index in [0.717, 1.165) is 24.8 Å². The molecule has 0 bridgehead atoms. The molecule has 3 nitrogen and oxygen atoms in total. The second-order valence-electron chi connectivity index (χ2n) is 4.94. The van der Waals surface area contributed by atoms with Gasteiger partial charge in [0.1, 0.15) is 0 Å². The third-order valence-electron chi connectivity index (χ3n) is 3.30. The Morgan fingerprint density at radius 3 is 2.33 bits per heavy atom. The molecule has 0 radical (unpaired) electrons. The van der Waals surface area contributed by atoms with Gasteiger partial charge in [-0.25, -0.2) is 0 Å². The normalized spacial score (nSPS) is 20.7. The van der Waals surface area contributed by atoms with Gasteiger partial charge in [-0.3, -0.25) is 4.79 Å². The lowest BCUT2D eigenvalue weighted by atomic mass is 10.1. The molecular weight excluding hydrogens is 188 g/mol. The minimum Gasteiger partial charge on any atom is -0.352 e. The van der Waals surface area contributed by atoms with Gasteiger partial charge in [0.05, 0.1) is 6.54 Å². The van der Waals surface area contributed by atoms with E-state index in [-0.39, 0.29) is 5.91 Å². The van der Waals surface area contributed by atoms with Crippen LogP contribution in [0, 0.1) is 11.8 Å². The molecule has 0 spiro atoms. The van der Waals surface area contributed by atoms with Crippen molar-refractivity contribution in [3.8, 4) is 0 Å². The summed E-state index contributed by atoms with van der Waals surface area (Å²) >= 11 is 0. The van der Waals surface area contributed by atoms with Crippen LogP contribution >= 0.6 is 0 Å². The number of hydrogen-bond donors (Lipinski definition) is 2. The van der Waals surface area contributed by atoms with Gasteiger partial charge in [0, 0.05) is 6.04 Å². The van der Waals surface area contributed by atoms with Crippen molar-refractivity contribution in [1.82, 2.24) is 10.6 Å². The molecule has 2 aliphatic rings. The van der Waals surface area contributed by atoms with Gasteiger partial charge in [0.25, 0.3) is 0 Å². The van der Waals surface area contributed by atoms with Gasteiger partial charge >= 0.3 is 0 Å². The van der Waals surface area contributed by atoms with Crippen LogP contribution in [-0.2, 0) is 4.79 Å². The van der Waals surface area contributed by atoms with Gasteiger partial charge in [-0.1, -0.05) is 6.92 Å². The highest BCUT2D eigenvalue weighted by molar-refractivity contribution is 5.78. The fourth-order valence-corrected chi connectivity index (χ4v) is 2.15. The predicted molar refractivity (Wildman–Crippen MR) is 60.5 cm³/mol. The largest absolute Gasteiger partial charge is 0.352 e. The zero-order valence-electron chi connectivity index (χ0n) is 9.59. The number of hydrogen-bond acceptors (Lipinski definition) is 2. The van der Waals surface area contributed by atoms with E-state index in [0.29, 0.717) is 12.6 Å². The summed E-state index contributed by atoms with van der Waals surface area (Å²) in [5.74, 6) is 1.78. The first-order valence-corrected chi connectivity index (χ1v) is 6.31. The van der Waals surface area contributed by atoms with Crippen LogP contribution < -0.4 is 10.6 Å². The summed E-state index contributed by atoms with van der Waals surface area (Å²) < 4.78 is 0. The lowest BCUT2D eigenvalue weighted by molar-refractivity contribution is -0.121. The number of carbonyl (C=O) groups is 1. The molecule has 0 atom stereocenters. The van der Waals surface area contributed by atoms with Gasteiger partial charge < -0.3 is 10.6 Å². The van der Waals surface area contributed by atoms with Crippen LogP contribution in [0.1, 0.15) is 39.0 Å². The van der Waals surface area contributed by atoms with Crippen molar-refractivity contribution >= 4 is 5.91 Å². The first-order chi connectivity index (χ1) is 7.31. The average molecular weight is 210 g/mol. The molecule has 2 rings (SSSR count). The topological polar surface area (TPSA) is 41.1 Å². The zero-order chi connectivity index (χ0) is 10.7. The molecule has 15 heavy (non-hydrogen) atoms. The summed E-state index contributed by atoms with van der Waals surface area (Å²) in [6.07, 6.45) is 6.38. The lowest BCUT2D eigenvalue weighted by Gasteiger charge is -2.17. The Balaban J connectivity index is 1.66. The molecule has 0 aromatic carbocycles. The van der Waals surface area contributed by atoms with Crippen LogP contribution in [0.25, 0.3) is 0 Å². The smallest absolute Gasteiger partial charge is 0.234 e. The Labute approximate surface area is 92.0 Å². The van der Waals surface area contributed by atoms with Crippen LogP contribution in [0.15, 0.2) is 0 Å². The van der Waals surface area contributed by atoms with Crippen LogP contribution in [-0.4, -0.2) is 25.0 Å². The van der Waals surface area contributed by atoms with Crippen molar-refractivity contribution in [3.05, 3.63) is 0 Å². The third kappa shape index (κ3) is 3.49. The summed E-state index contributed by atoms with van der Waals surface area (Å²) in [7, 11) is 0. The van der Waals surface area contributed by atoms with Crippen molar-refractivity contribution in [2.75, 3.05) is 13.1 Å². The van der Waals surface area contributed by atoms with Crippen molar-refractivity contribution in [2.45, 2.75) is 45.1 Å². The number of amides is 1. The Kier molecular flexibility index (Phi) is 3.62. The summed E-state index contributed by atoms with van der Waals surface area (Å²) in [5.41, 5.74) is 0. The maximum absolute atomic E-state index is 11.6. The average Bonchev–Trinajstić information content (AvgIpc) is 3.05. The summed E-state index contributed by atoms with van der Waals surface area (Å²) in [6, 6.07) is 0.501. The van der Waals surface area contributed by atoms with Crippen LogP contribution in [0.3, 0.4) is 0 Å². The maximum Gasteiger partial charge on any atom is 0.234 e. The molecule has 2 fully saturated rings. The summed E-state index contributed by atoms with van der Waals surface area (Å²) in [5, 5.41) is 6.35. The lowest BCUT2D eigenvalue weighted by Crippen LogP contribution is -2.42. The van der Waals surface area contributed by atoms with E-state index >= 15 is 0 Å². The molecule has 1 amide bonds. The molecule has 0 heterocycles. The predicted octanol–water partition coefficient (Wildman–Crippen LogP) is 1.29. The number of nitrogens with one attached hydrogen (secondary N) is 2. The molecule has 2 aliphatic carbocycles. The first kappa shape index (κ1) is 10.9. The van der Waals surface area contributed by atoms with Gasteiger partial charge in [0.15, 0.2) is 0 Å². The molecular formula is C12H22N2O. The second-order valence-corrected chi connectivity index (χ2v) is 4.94. The van der Waals surface area contributed by atoms with Crippen molar-refractivity contribution in [1.29, 1.82) is 0 Å². The third-order valence-corrected chi connectivity index (χ3v) is 3.30. The molecule has 3 heteroatoms. The van der Waals surface area contributed by atoms with E-state index in [1.54, 1.807) is 0 Å². The Morgan fingerprint density at radius 2 is 1.87 bits per heavy atom. The van der Waals surface area contributed by atoms with E-state index in [2.05, 4.69) is 17.6 Å². The molecule has 0 aromatic heterocycles. The van der Waals surface area contributed by atoms with Crippen molar-refractivity contribution in [2.24, 2.45) is 11.8 Å². The molecule has 0 aliphatic heterocycles. The van der Waals surface area contributed by atoms with Crippen molar-refractivity contribution in [3.63, 3.8) is 0 Å². The summed E-state index contributed by atoms with van der Waals surface area (Å²) in [4.78, 5) is 11.6. The molecule has 0 unspecified atom stereocenters. The standard InChI is InChI=1S/C12H22N2O/c1-2-7-13-8-11(15)14-12(9-3-4-9)10-5-6-10/h9-10,12-13H,2-8H2,1H3,(H,14,15). The van der Waals surface area contributed by atoms with Gasteiger partial charge in [-0.15, -0.1) is 0 Å². The molecule has 86 valence electrons. The van der Waals surface area contributed by atoms with Gasteiger partial charge in [-0.05, 0) is 50.5 Å². The highest BCUT2D eigenvalue weighted by Gasteiger charge is 2.41. The van der Waals surface area contributed by atoms with E-state index < -0.39 is 0 Å². The van der Waals surface area contributed by atoms with E-state index in [4.69, 9.17) is 0 Å². The van der Waals surface area contributed by atoms with Gasteiger partial charge in [-0.2, -0.15) is 0 Å². The van der Waals surface area contributed by atoms with E-state index in [9.17, 15) is 4.79 Å². The van der Waals surface area contributed by atoms with Gasteiger partial charge in [0.2, 0.25) is 5.91 Å². The van der Waals surface area contributed by atoms with E-state index in [1.807, 2.05) is 0 Å². The Hall–Kier alpha value is -0.570. The highest BCUT2D eigenvalue weighted by Crippen LogP contribution is 2.44. The second kappa shape index (κ2) is 4.97. The SMILES string of the molecule is CCCNCC(=O)NC(C1CC1)C1CC1. The number of rotatable bonds is 7. The molecule has 2 saturated carbocycles. The number of carbonyl (C=O) groups excluding carboxylic acids is 1. The van der Waals surface area contributed by atoms with Crippen molar-refractivity contribution < 1.29 is 4.79 Å². The van der Waals surface area contributed by atoms with Crippen LogP contribution in [0.4, 0.5) is 0 Å². The molecule has 0 aromatic rings. The Bertz CT molecular complexity index is 210. The minimum absolute atomic E-state index is 0.187. The quantitative estimate of drug-likeness (QED) is 0.622. The fourth-order valence-electron chi connectivity index (χ4n) is 2.15. The first-order valence-electron chi connectivity index (χ1n) is 6.31. The fraction of sp³-hybridized carbons (Fsp3) is 0.917. The minimum atomic E-state index is 0.187. The van der Waals surface area contributed by atoms with Crippen LogP contribution in [0.2, 0.25) is 0 Å². The Morgan fingerprint density at radius 1 is 1.27 bits per heavy atom. The highest BCUT2D eigenvalue weighted by atomic mass is 16.2. The van der Waals surface area contributed by atoms with E-state index in [1.165, 1.54) is 25.7 Å². The maximum atomic E-state index is 11.6. The molecule has 2 N–H and O–H groups in total. The monoisotopic (exact) mass is 210 g/mol. The summed E-state index contributed by atoms with van der Waals surface area (Å²) in [6.45, 7) is 3.54. The zero-order valence-corrected chi connectivity index (χ0v) is 9.59. The molecule has 0 saturated heterocycles.